The number of hydrogen-bond donors (Lipinski definition) is 1. The standard InChI is InChI=1S/C20H25F2N7O3.C15H22BF2N3O2.C14H20ClN5O3/c1-11-10-30-3-2-29(11)20-26-18(13-7-24-16(23)6-12(13)17(21)22)25-19(27-20)28-8-14-15(9-28)32-5-4-31-14;1-14(2)15(3,4)23-16(22-14)11-8-19-12(20-9-21(5)6)7-10(11)13(17)18;1-9-8-21-3-2-20(9)14-17-12(15)16-13(18-14)19-6-10-11(7-19)23-5-4-22-10/h6-7,11,14-15,17H,2-5,8-10H2,1H3,(H2,23,24);7-9,13H,1-6H3;9-11H,2-8H2,1H3/t11-,14-,15+;;9-,10-,11+/m1.1/s1. The fourth-order valence-corrected chi connectivity index (χ4v) is 9.72. The van der Waals surface area contributed by atoms with Crippen LogP contribution in [0.25, 0.3) is 11.4 Å². The molecule has 29 heteroatoms. The van der Waals surface area contributed by atoms with E-state index in [1.807, 2.05) is 44.4 Å². The molecule has 0 amide bonds. The van der Waals surface area contributed by atoms with Crippen LogP contribution in [0.15, 0.2) is 29.5 Å². The quantitative estimate of drug-likeness (QED) is 0.102. The number of aromatic nitrogens is 8. The molecule has 0 saturated carbocycles. The molecule has 7 fully saturated rings. The first-order valence-electron chi connectivity index (χ1n) is 25.9. The number of pyridine rings is 2. The van der Waals surface area contributed by atoms with Crippen molar-refractivity contribution in [2.45, 2.75) is 102 Å². The van der Waals surface area contributed by atoms with Crippen LogP contribution >= 0.6 is 11.6 Å². The summed E-state index contributed by atoms with van der Waals surface area (Å²) in [5.41, 5.74) is 4.38. The first-order valence-corrected chi connectivity index (χ1v) is 26.3. The molecule has 2 N–H and O–H groups in total. The van der Waals surface area contributed by atoms with Gasteiger partial charge in [0.1, 0.15) is 30.2 Å². The van der Waals surface area contributed by atoms with Crippen molar-refractivity contribution >= 4 is 65.9 Å². The number of aliphatic imine (C=N–C) groups is 1. The predicted octanol–water partition coefficient (Wildman–Crippen LogP) is 4.18. The third-order valence-electron chi connectivity index (χ3n) is 14.5. The predicted molar refractivity (Wildman–Crippen MR) is 283 cm³/mol. The minimum Gasteiger partial charge on any atom is -0.399 e. The first-order chi connectivity index (χ1) is 37.2. The second-order valence-corrected chi connectivity index (χ2v) is 21.2. The van der Waals surface area contributed by atoms with Crippen LogP contribution in [-0.4, -0.2) is 212 Å². The van der Waals surface area contributed by atoms with E-state index in [1.54, 1.807) is 19.0 Å². The zero-order valence-electron chi connectivity index (χ0n) is 45.0. The van der Waals surface area contributed by atoms with E-state index < -0.39 is 31.2 Å². The Morgan fingerprint density at radius 2 is 1.14 bits per heavy atom. The van der Waals surface area contributed by atoms with Crippen LogP contribution in [-0.2, 0) is 37.7 Å². The van der Waals surface area contributed by atoms with Crippen LogP contribution in [0.3, 0.4) is 0 Å². The summed E-state index contributed by atoms with van der Waals surface area (Å²) in [4.78, 5) is 49.0. The first kappa shape index (κ1) is 57.2. The minimum atomic E-state index is -2.75. The maximum Gasteiger partial charge on any atom is 0.496 e. The summed E-state index contributed by atoms with van der Waals surface area (Å²) < 4.78 is 100. The fourth-order valence-electron chi connectivity index (χ4n) is 9.57. The molecular formula is C49H67BClF4N15O8. The molecule has 7 aliphatic rings. The smallest absolute Gasteiger partial charge is 0.399 e. The highest BCUT2D eigenvalue weighted by Gasteiger charge is 2.53. The summed E-state index contributed by atoms with van der Waals surface area (Å²) in [5.74, 6) is 2.35. The number of fused-ring (bicyclic) bond motifs is 2. The molecule has 7 saturated heterocycles. The fraction of sp³-hybridized carbons (Fsp3) is 0.653. The normalized spacial score (nSPS) is 25.7. The highest BCUT2D eigenvalue weighted by atomic mass is 35.5. The molecule has 0 bridgehead atoms. The summed E-state index contributed by atoms with van der Waals surface area (Å²) in [6.07, 6.45) is -1.28. The van der Waals surface area contributed by atoms with Gasteiger partial charge in [-0.25, -0.2) is 32.5 Å². The zero-order valence-corrected chi connectivity index (χ0v) is 45.7. The zero-order chi connectivity index (χ0) is 55.5. The molecule has 4 aromatic heterocycles. The lowest BCUT2D eigenvalue weighted by Gasteiger charge is -2.33. The summed E-state index contributed by atoms with van der Waals surface area (Å²) in [6, 6.07) is 2.67. The van der Waals surface area contributed by atoms with E-state index in [9.17, 15) is 17.6 Å². The number of halogens is 5. The van der Waals surface area contributed by atoms with Gasteiger partial charge in [0.25, 0.3) is 12.9 Å². The Morgan fingerprint density at radius 1 is 0.667 bits per heavy atom. The second kappa shape index (κ2) is 24.5. The summed E-state index contributed by atoms with van der Waals surface area (Å²) in [5, 5.41) is 0.209. The van der Waals surface area contributed by atoms with Crippen molar-refractivity contribution in [2.24, 2.45) is 4.99 Å². The van der Waals surface area contributed by atoms with Crippen LogP contribution in [0.2, 0.25) is 5.28 Å². The Kier molecular flexibility index (Phi) is 18.0. The molecule has 0 radical (unpaired) electrons. The number of nitrogens with zero attached hydrogens (tertiary/aromatic N) is 14. The van der Waals surface area contributed by atoms with Gasteiger partial charge in [0.05, 0.1) is 82.5 Å². The minimum absolute atomic E-state index is 0.0123. The third-order valence-corrected chi connectivity index (χ3v) is 14.7. The number of anilines is 5. The van der Waals surface area contributed by atoms with E-state index in [0.29, 0.717) is 109 Å². The van der Waals surface area contributed by atoms with Crippen molar-refractivity contribution in [3.63, 3.8) is 0 Å². The van der Waals surface area contributed by atoms with Gasteiger partial charge in [-0.05, 0) is 65.3 Å². The molecule has 424 valence electrons. The van der Waals surface area contributed by atoms with E-state index in [-0.39, 0.29) is 81.4 Å². The molecule has 11 rings (SSSR count). The Labute approximate surface area is 455 Å². The third kappa shape index (κ3) is 13.2. The van der Waals surface area contributed by atoms with Gasteiger partial charge >= 0.3 is 7.12 Å². The van der Waals surface area contributed by atoms with Crippen molar-refractivity contribution in [3.8, 4) is 11.4 Å². The second-order valence-electron chi connectivity index (χ2n) is 20.9. The highest BCUT2D eigenvalue weighted by molar-refractivity contribution is 6.62. The topological polar surface area (TPSA) is 232 Å². The number of morpholine rings is 2. The SMILES string of the molecule is CN(C)C=Nc1cc(C(F)F)c(B2OC(C)(C)C(C)(C)O2)cn1.C[C@@H]1COCCN1c1nc(-c2cnc(N)cc2C(F)F)nc(N2C[C@@H]3OCCO[C@@H]3C2)n1.C[C@@H]1COCCN1c1nc(Cl)nc(N2C[C@@H]3OCCO[C@@H]3C2)n1. The Hall–Kier alpha value is -5.46. The van der Waals surface area contributed by atoms with Crippen LogP contribution < -0.4 is 30.8 Å². The number of rotatable bonds is 10. The highest BCUT2D eigenvalue weighted by Crippen LogP contribution is 2.38. The van der Waals surface area contributed by atoms with Crippen LogP contribution in [0, 0.1) is 0 Å². The maximum absolute atomic E-state index is 13.8. The van der Waals surface area contributed by atoms with Crippen LogP contribution in [0.5, 0.6) is 0 Å². The van der Waals surface area contributed by atoms with Gasteiger partial charge in [0, 0.05) is 87.9 Å². The van der Waals surface area contributed by atoms with Crippen molar-refractivity contribution in [2.75, 3.05) is 132 Å². The summed E-state index contributed by atoms with van der Waals surface area (Å²) in [7, 11) is 2.70. The van der Waals surface area contributed by atoms with Crippen LogP contribution in [0.4, 0.5) is 53.0 Å². The number of nitrogens with two attached hydrogens (primary N) is 1. The van der Waals surface area contributed by atoms with Crippen molar-refractivity contribution in [3.05, 3.63) is 40.9 Å². The Balaban J connectivity index is 0.000000145. The van der Waals surface area contributed by atoms with Gasteiger partial charge in [-0.1, -0.05) is 0 Å². The lowest BCUT2D eigenvalue weighted by atomic mass is 9.77. The maximum atomic E-state index is 13.8. The number of hydrogen-bond acceptors (Lipinski definition) is 22. The van der Waals surface area contributed by atoms with E-state index in [0.717, 1.165) is 12.6 Å². The molecule has 23 nitrogen and oxygen atoms in total. The summed E-state index contributed by atoms with van der Waals surface area (Å²) in [6.45, 7) is 20.2. The molecule has 7 aliphatic heterocycles. The van der Waals surface area contributed by atoms with Crippen molar-refractivity contribution in [1.29, 1.82) is 0 Å². The number of nitrogen functional groups attached to an aromatic ring is 1. The van der Waals surface area contributed by atoms with Gasteiger partial charge < -0.3 is 68.0 Å². The number of ether oxygens (including phenoxy) is 6. The van der Waals surface area contributed by atoms with Gasteiger partial charge in [-0.3, -0.25) is 0 Å². The monoisotopic (exact) mass is 1120 g/mol. The van der Waals surface area contributed by atoms with E-state index >= 15 is 0 Å². The molecule has 0 aliphatic carbocycles. The van der Waals surface area contributed by atoms with Gasteiger partial charge in [0.2, 0.25) is 29.1 Å². The Morgan fingerprint density at radius 3 is 1.63 bits per heavy atom. The largest absolute Gasteiger partial charge is 0.496 e. The molecule has 78 heavy (non-hydrogen) atoms. The summed E-state index contributed by atoms with van der Waals surface area (Å²) >= 11 is 6.14. The van der Waals surface area contributed by atoms with E-state index in [2.05, 4.69) is 56.6 Å². The van der Waals surface area contributed by atoms with Crippen LogP contribution in [0.1, 0.15) is 65.5 Å². The number of alkyl halides is 4. The van der Waals surface area contributed by atoms with E-state index in [1.165, 1.54) is 24.8 Å². The van der Waals surface area contributed by atoms with Gasteiger partial charge in [0.15, 0.2) is 11.6 Å². The molecule has 0 aromatic carbocycles. The molecule has 6 atom stereocenters. The Bertz CT molecular complexity index is 2690. The lowest BCUT2D eigenvalue weighted by molar-refractivity contribution is -0.116. The van der Waals surface area contributed by atoms with Crippen molar-refractivity contribution < 1.29 is 55.3 Å². The molecule has 11 heterocycles. The average Bonchev–Trinajstić information content (AvgIpc) is 4.16. The average molecular weight is 1120 g/mol. The molecular weight excluding hydrogens is 1050 g/mol. The van der Waals surface area contributed by atoms with E-state index in [4.69, 9.17) is 60.0 Å². The molecule has 0 unspecified atom stereocenters. The van der Waals surface area contributed by atoms with Gasteiger partial charge in [-0.2, -0.15) is 29.9 Å². The van der Waals surface area contributed by atoms with Gasteiger partial charge in [-0.15, -0.1) is 0 Å². The van der Waals surface area contributed by atoms with Crippen molar-refractivity contribution in [1.82, 2.24) is 44.8 Å². The molecule has 0 spiro atoms. The lowest BCUT2D eigenvalue weighted by Crippen LogP contribution is -2.45. The molecule has 4 aromatic rings.